The van der Waals surface area contributed by atoms with Crippen LogP contribution < -0.4 is 0 Å². The summed E-state index contributed by atoms with van der Waals surface area (Å²) in [7, 11) is 0. The molecule has 1 saturated heterocycles. The first-order valence-corrected chi connectivity index (χ1v) is 7.97. The summed E-state index contributed by atoms with van der Waals surface area (Å²) in [6.45, 7) is 2.26. The van der Waals surface area contributed by atoms with Gasteiger partial charge in [0.15, 0.2) is 0 Å². The van der Waals surface area contributed by atoms with Crippen LogP contribution in [0.25, 0.3) is 0 Å². The Balaban J connectivity index is 1.77. The highest BCUT2D eigenvalue weighted by Gasteiger charge is 2.36. The van der Waals surface area contributed by atoms with E-state index in [1.807, 2.05) is 0 Å². The average Bonchev–Trinajstić information content (AvgIpc) is 3.12. The van der Waals surface area contributed by atoms with Gasteiger partial charge in [-0.1, -0.05) is 58.3 Å². The maximum Gasteiger partial charge on any atom is 0.119 e. The summed E-state index contributed by atoms with van der Waals surface area (Å²) in [6.07, 6.45) is 17.1. The highest BCUT2D eigenvalue weighted by molar-refractivity contribution is 5.48. The quantitative estimate of drug-likeness (QED) is 0.272. The van der Waals surface area contributed by atoms with Gasteiger partial charge in [-0.3, -0.25) is 0 Å². The molecule has 1 rings (SSSR count). The van der Waals surface area contributed by atoms with E-state index in [0.717, 1.165) is 19.1 Å². The molecule has 1 aliphatic rings. The zero-order valence-corrected chi connectivity index (χ0v) is 12.0. The van der Waals surface area contributed by atoms with Crippen LogP contribution in [-0.4, -0.2) is 18.5 Å². The van der Waals surface area contributed by atoms with Gasteiger partial charge in [0, 0.05) is 6.42 Å². The second-order valence-electron chi connectivity index (χ2n) is 5.57. The molecule has 1 fully saturated rings. The van der Waals surface area contributed by atoms with E-state index in [9.17, 15) is 4.79 Å². The van der Waals surface area contributed by atoms with Crippen molar-refractivity contribution in [3.63, 3.8) is 0 Å². The Bertz CT molecular complexity index is 203. The molecule has 2 nitrogen and oxygen atoms in total. The third-order valence-corrected chi connectivity index (χ3v) is 3.84. The van der Waals surface area contributed by atoms with Crippen molar-refractivity contribution in [1.82, 2.24) is 0 Å². The predicted molar refractivity (Wildman–Crippen MR) is 75.8 cm³/mol. The number of hydrogen-bond acceptors (Lipinski definition) is 2. The van der Waals surface area contributed by atoms with Gasteiger partial charge in [-0.15, -0.1) is 0 Å². The Morgan fingerprint density at radius 3 is 2.00 bits per heavy atom. The Kier molecular flexibility index (Phi) is 9.19. The van der Waals surface area contributed by atoms with Gasteiger partial charge in [0.1, 0.15) is 6.29 Å². The van der Waals surface area contributed by atoms with E-state index in [1.165, 1.54) is 64.2 Å². The molecule has 0 amide bonds. The molecule has 1 aliphatic heterocycles. The fourth-order valence-electron chi connectivity index (χ4n) is 2.56. The molecular formula is C16H30O2. The molecular weight excluding hydrogens is 224 g/mol. The number of hydrogen-bond donors (Lipinski definition) is 0. The first-order valence-electron chi connectivity index (χ1n) is 7.97. The van der Waals surface area contributed by atoms with Crippen LogP contribution in [0.3, 0.4) is 0 Å². The smallest absolute Gasteiger partial charge is 0.119 e. The lowest BCUT2D eigenvalue weighted by molar-refractivity contribution is -0.107. The molecule has 2 atom stereocenters. The number of carbonyl (C=O) groups excluding carboxylic acids is 1. The van der Waals surface area contributed by atoms with Crippen molar-refractivity contribution < 1.29 is 9.53 Å². The monoisotopic (exact) mass is 254 g/mol. The number of aldehydes is 1. The van der Waals surface area contributed by atoms with Crippen LogP contribution in [0.5, 0.6) is 0 Å². The highest BCUT2D eigenvalue weighted by atomic mass is 16.6. The predicted octanol–water partition coefficient (Wildman–Crippen LogP) is 4.65. The number of unbranched alkanes of at least 4 members (excludes halogenated alkanes) is 8. The van der Waals surface area contributed by atoms with Crippen molar-refractivity contribution in [3.8, 4) is 0 Å². The van der Waals surface area contributed by atoms with E-state index < -0.39 is 0 Å². The lowest BCUT2D eigenvalue weighted by atomic mass is 10.0. The molecule has 1 heterocycles. The maximum absolute atomic E-state index is 10.1. The topological polar surface area (TPSA) is 29.6 Å². The van der Waals surface area contributed by atoms with Crippen molar-refractivity contribution in [2.45, 2.75) is 96.2 Å². The fourth-order valence-corrected chi connectivity index (χ4v) is 2.56. The summed E-state index contributed by atoms with van der Waals surface area (Å²) in [4.78, 5) is 10.1. The second-order valence-corrected chi connectivity index (χ2v) is 5.57. The molecule has 0 bridgehead atoms. The van der Waals surface area contributed by atoms with Crippen LogP contribution in [0.1, 0.15) is 84.0 Å². The second kappa shape index (κ2) is 10.5. The van der Waals surface area contributed by atoms with Crippen LogP contribution in [0, 0.1) is 0 Å². The summed E-state index contributed by atoms with van der Waals surface area (Å²) in [6, 6.07) is 0. The number of ether oxygens (including phenoxy) is 1. The van der Waals surface area contributed by atoms with Gasteiger partial charge < -0.3 is 9.53 Å². The van der Waals surface area contributed by atoms with E-state index >= 15 is 0 Å². The third-order valence-electron chi connectivity index (χ3n) is 3.84. The van der Waals surface area contributed by atoms with Gasteiger partial charge in [0.05, 0.1) is 12.2 Å². The van der Waals surface area contributed by atoms with Crippen LogP contribution in [0.15, 0.2) is 0 Å². The van der Waals surface area contributed by atoms with E-state index in [4.69, 9.17) is 4.74 Å². The molecule has 2 unspecified atom stereocenters. The molecule has 0 radical (unpaired) electrons. The van der Waals surface area contributed by atoms with E-state index in [2.05, 4.69) is 6.92 Å². The molecule has 106 valence electrons. The summed E-state index contributed by atoms with van der Waals surface area (Å²) < 4.78 is 5.70. The lowest BCUT2D eigenvalue weighted by Gasteiger charge is -1.99. The Morgan fingerprint density at radius 1 is 0.833 bits per heavy atom. The van der Waals surface area contributed by atoms with Crippen molar-refractivity contribution in [2.75, 3.05) is 0 Å². The molecule has 2 heteroatoms. The Hall–Kier alpha value is -0.370. The van der Waals surface area contributed by atoms with Gasteiger partial charge in [-0.05, 0) is 19.3 Å². The van der Waals surface area contributed by atoms with Crippen molar-refractivity contribution >= 4 is 6.29 Å². The summed E-state index contributed by atoms with van der Waals surface area (Å²) in [5, 5.41) is 0. The minimum Gasteiger partial charge on any atom is -0.370 e. The van der Waals surface area contributed by atoms with E-state index in [-0.39, 0.29) is 0 Å². The SMILES string of the molecule is CCCCCCC1OC1CCCCCCCC=O. The fraction of sp³-hybridized carbons (Fsp3) is 0.938. The average molecular weight is 254 g/mol. The van der Waals surface area contributed by atoms with Crippen molar-refractivity contribution in [2.24, 2.45) is 0 Å². The van der Waals surface area contributed by atoms with Crippen molar-refractivity contribution in [1.29, 1.82) is 0 Å². The minimum absolute atomic E-state index is 0.585. The van der Waals surface area contributed by atoms with Gasteiger partial charge in [0.2, 0.25) is 0 Å². The summed E-state index contributed by atoms with van der Waals surface area (Å²) in [5.74, 6) is 0. The normalized spacial score (nSPS) is 22.1. The molecule has 0 saturated carbocycles. The zero-order valence-electron chi connectivity index (χ0n) is 12.0. The molecule has 0 aromatic carbocycles. The van der Waals surface area contributed by atoms with Crippen LogP contribution in [0.2, 0.25) is 0 Å². The molecule has 0 N–H and O–H groups in total. The Morgan fingerprint density at radius 2 is 1.39 bits per heavy atom. The van der Waals surface area contributed by atoms with E-state index in [0.29, 0.717) is 12.2 Å². The molecule has 18 heavy (non-hydrogen) atoms. The first kappa shape index (κ1) is 15.7. The van der Waals surface area contributed by atoms with Crippen LogP contribution in [0.4, 0.5) is 0 Å². The van der Waals surface area contributed by atoms with Crippen LogP contribution >= 0.6 is 0 Å². The van der Waals surface area contributed by atoms with Gasteiger partial charge >= 0.3 is 0 Å². The molecule has 0 aliphatic carbocycles. The number of epoxide rings is 1. The summed E-state index contributed by atoms with van der Waals surface area (Å²) in [5.41, 5.74) is 0. The number of carbonyl (C=O) groups is 1. The summed E-state index contributed by atoms with van der Waals surface area (Å²) >= 11 is 0. The zero-order chi connectivity index (χ0) is 13.1. The highest BCUT2D eigenvalue weighted by Crippen LogP contribution is 2.31. The maximum atomic E-state index is 10.1. The van der Waals surface area contributed by atoms with Gasteiger partial charge in [-0.25, -0.2) is 0 Å². The van der Waals surface area contributed by atoms with E-state index in [1.54, 1.807) is 0 Å². The van der Waals surface area contributed by atoms with Gasteiger partial charge in [0.25, 0.3) is 0 Å². The lowest BCUT2D eigenvalue weighted by Crippen LogP contribution is -1.94. The first-order chi connectivity index (χ1) is 8.88. The standard InChI is InChI=1S/C16H30O2/c1-2-3-4-9-12-15-16(18-15)13-10-7-5-6-8-11-14-17/h14-16H,2-13H2,1H3. The molecule has 0 spiro atoms. The Labute approximate surface area is 112 Å². The minimum atomic E-state index is 0.585. The van der Waals surface area contributed by atoms with Crippen LogP contribution in [-0.2, 0) is 9.53 Å². The van der Waals surface area contributed by atoms with Crippen molar-refractivity contribution in [3.05, 3.63) is 0 Å². The number of rotatable bonds is 13. The largest absolute Gasteiger partial charge is 0.370 e. The molecule has 0 aromatic heterocycles. The van der Waals surface area contributed by atoms with Gasteiger partial charge in [-0.2, -0.15) is 0 Å². The third kappa shape index (κ3) is 7.86. The molecule has 0 aromatic rings.